The Morgan fingerprint density at radius 2 is 1.90 bits per heavy atom. The number of nitrogens with zero attached hydrogens (tertiary/aromatic N) is 2. The molecule has 0 aliphatic heterocycles. The molecule has 0 spiro atoms. The summed E-state index contributed by atoms with van der Waals surface area (Å²) in [6.45, 7) is 0.123. The first kappa shape index (κ1) is 21.1. The van der Waals surface area contributed by atoms with Crippen LogP contribution in [0.1, 0.15) is 6.42 Å². The molecule has 0 unspecified atom stereocenters. The Morgan fingerprint density at radius 3 is 2.66 bits per heavy atom. The quantitative estimate of drug-likeness (QED) is 0.319. The molecular weight excluding hydrogens is 458 g/mol. The van der Waals surface area contributed by atoms with Crippen LogP contribution >= 0.6 is 27.7 Å². The van der Waals surface area contributed by atoms with Crippen LogP contribution in [0.15, 0.2) is 63.0 Å². The first-order valence-electron chi connectivity index (χ1n) is 8.73. The number of para-hydroxylation sites is 2. The highest BCUT2D eigenvalue weighted by Gasteiger charge is 2.15. The molecule has 9 heteroatoms. The number of nitrogens with one attached hydrogen (secondary N) is 1. The number of rotatable bonds is 7. The molecule has 3 aromatic rings. The van der Waals surface area contributed by atoms with Gasteiger partial charge >= 0.3 is 5.97 Å². The van der Waals surface area contributed by atoms with Crippen molar-refractivity contribution in [1.82, 2.24) is 9.55 Å². The molecule has 0 bridgehead atoms. The summed E-state index contributed by atoms with van der Waals surface area (Å²) < 4.78 is 6.85. The van der Waals surface area contributed by atoms with Gasteiger partial charge in [-0.05, 0) is 40.2 Å². The SMILES string of the molecule is COC(=O)CCn1c(SCC(=O)Nc2ccccc2Br)nc2ccccc2c1=O. The minimum Gasteiger partial charge on any atom is -0.469 e. The zero-order valence-corrected chi connectivity index (χ0v) is 18.0. The number of hydrogen-bond donors (Lipinski definition) is 1. The van der Waals surface area contributed by atoms with Gasteiger partial charge in [0.05, 0.1) is 35.9 Å². The molecule has 29 heavy (non-hydrogen) atoms. The van der Waals surface area contributed by atoms with Gasteiger partial charge in [0.2, 0.25) is 5.91 Å². The van der Waals surface area contributed by atoms with Gasteiger partial charge < -0.3 is 10.1 Å². The summed E-state index contributed by atoms with van der Waals surface area (Å²) in [6, 6.07) is 14.3. The monoisotopic (exact) mass is 475 g/mol. The molecule has 1 heterocycles. The lowest BCUT2D eigenvalue weighted by Gasteiger charge is -2.13. The van der Waals surface area contributed by atoms with Crippen LogP contribution < -0.4 is 10.9 Å². The maximum absolute atomic E-state index is 12.9. The van der Waals surface area contributed by atoms with Gasteiger partial charge in [-0.3, -0.25) is 19.0 Å². The molecule has 1 amide bonds. The van der Waals surface area contributed by atoms with Crippen LogP contribution in [0.5, 0.6) is 0 Å². The number of esters is 1. The molecule has 1 aromatic heterocycles. The highest BCUT2D eigenvalue weighted by molar-refractivity contribution is 9.10. The van der Waals surface area contributed by atoms with Crippen LogP contribution in [0.25, 0.3) is 10.9 Å². The van der Waals surface area contributed by atoms with E-state index in [9.17, 15) is 14.4 Å². The topological polar surface area (TPSA) is 90.3 Å². The predicted molar refractivity (Wildman–Crippen MR) is 116 cm³/mol. The van der Waals surface area contributed by atoms with Gasteiger partial charge in [-0.1, -0.05) is 36.0 Å². The van der Waals surface area contributed by atoms with Gasteiger partial charge in [0, 0.05) is 11.0 Å². The van der Waals surface area contributed by atoms with E-state index < -0.39 is 5.97 Å². The molecule has 1 N–H and O–H groups in total. The highest BCUT2D eigenvalue weighted by atomic mass is 79.9. The number of carbonyl (C=O) groups excluding carboxylic acids is 2. The van der Waals surface area contributed by atoms with Crippen LogP contribution in [0.3, 0.4) is 0 Å². The van der Waals surface area contributed by atoms with E-state index in [0.717, 1.165) is 16.2 Å². The maximum atomic E-state index is 12.9. The number of amides is 1. The van der Waals surface area contributed by atoms with Crippen LogP contribution in [-0.4, -0.2) is 34.3 Å². The van der Waals surface area contributed by atoms with E-state index in [4.69, 9.17) is 0 Å². The fourth-order valence-corrected chi connectivity index (χ4v) is 3.85. The third-order valence-electron chi connectivity index (χ3n) is 4.07. The van der Waals surface area contributed by atoms with Crippen LogP contribution in [-0.2, 0) is 20.9 Å². The normalized spacial score (nSPS) is 10.7. The first-order valence-corrected chi connectivity index (χ1v) is 10.5. The molecule has 3 rings (SSSR count). The van der Waals surface area contributed by atoms with E-state index in [1.54, 1.807) is 30.3 Å². The van der Waals surface area contributed by atoms with E-state index in [0.29, 0.717) is 21.7 Å². The minimum absolute atomic E-state index is 0.0349. The average molecular weight is 476 g/mol. The fraction of sp³-hybridized carbons (Fsp3) is 0.200. The number of fused-ring (bicyclic) bond motifs is 1. The van der Waals surface area contributed by atoms with Crippen molar-refractivity contribution < 1.29 is 14.3 Å². The molecule has 150 valence electrons. The summed E-state index contributed by atoms with van der Waals surface area (Å²) in [5.41, 5.74) is 0.946. The van der Waals surface area contributed by atoms with E-state index >= 15 is 0 Å². The summed E-state index contributed by atoms with van der Waals surface area (Å²) in [7, 11) is 1.30. The first-order chi connectivity index (χ1) is 14.0. The fourth-order valence-electron chi connectivity index (χ4n) is 2.64. The third-order valence-corrected chi connectivity index (χ3v) is 5.74. The zero-order valence-electron chi connectivity index (χ0n) is 15.6. The van der Waals surface area contributed by atoms with E-state index in [1.807, 2.05) is 18.2 Å². The van der Waals surface area contributed by atoms with Crippen molar-refractivity contribution in [2.24, 2.45) is 0 Å². The van der Waals surface area contributed by atoms with E-state index in [2.05, 4.69) is 31.0 Å². The highest BCUT2D eigenvalue weighted by Crippen LogP contribution is 2.23. The van der Waals surface area contributed by atoms with Gasteiger partial charge in [-0.25, -0.2) is 4.98 Å². The summed E-state index contributed by atoms with van der Waals surface area (Å²) in [4.78, 5) is 41.3. The lowest BCUT2D eigenvalue weighted by molar-refractivity contribution is -0.140. The molecule has 0 saturated heterocycles. The van der Waals surface area contributed by atoms with Crippen molar-refractivity contribution >= 4 is 56.2 Å². The molecule has 0 radical (unpaired) electrons. The smallest absolute Gasteiger partial charge is 0.307 e. The van der Waals surface area contributed by atoms with Gasteiger partial charge in [0.15, 0.2) is 5.16 Å². The number of anilines is 1. The van der Waals surface area contributed by atoms with E-state index in [1.165, 1.54) is 11.7 Å². The lowest BCUT2D eigenvalue weighted by Crippen LogP contribution is -2.25. The molecule has 0 aliphatic rings. The summed E-state index contributed by atoms with van der Waals surface area (Å²) >= 11 is 4.53. The Labute approximate surface area is 179 Å². The second kappa shape index (κ2) is 9.71. The second-order valence-electron chi connectivity index (χ2n) is 6.01. The van der Waals surface area contributed by atoms with E-state index in [-0.39, 0.29) is 30.2 Å². The lowest BCUT2D eigenvalue weighted by atomic mass is 10.2. The molecule has 7 nitrogen and oxygen atoms in total. The van der Waals surface area contributed by atoms with Gasteiger partial charge in [-0.2, -0.15) is 0 Å². The molecule has 0 saturated carbocycles. The second-order valence-corrected chi connectivity index (χ2v) is 7.81. The Morgan fingerprint density at radius 1 is 1.17 bits per heavy atom. The number of carbonyl (C=O) groups is 2. The number of methoxy groups -OCH3 is 1. The predicted octanol–water partition coefficient (Wildman–Crippen LogP) is 3.45. The van der Waals surface area contributed by atoms with Crippen molar-refractivity contribution in [2.75, 3.05) is 18.2 Å². The van der Waals surface area contributed by atoms with Crippen molar-refractivity contribution in [3.63, 3.8) is 0 Å². The van der Waals surface area contributed by atoms with Gasteiger partial charge in [-0.15, -0.1) is 0 Å². The minimum atomic E-state index is -0.423. The van der Waals surface area contributed by atoms with Crippen molar-refractivity contribution in [1.29, 1.82) is 0 Å². The van der Waals surface area contributed by atoms with Gasteiger partial charge in [0.1, 0.15) is 0 Å². The number of hydrogen-bond acceptors (Lipinski definition) is 6. The largest absolute Gasteiger partial charge is 0.469 e. The van der Waals surface area contributed by atoms with Crippen molar-refractivity contribution in [3.8, 4) is 0 Å². The molecule has 0 atom stereocenters. The van der Waals surface area contributed by atoms with Crippen molar-refractivity contribution in [3.05, 3.63) is 63.4 Å². The Bertz CT molecular complexity index is 1120. The Kier molecular flexibility index (Phi) is 7.05. The number of ether oxygens (including phenoxy) is 1. The van der Waals surface area contributed by atoms with Crippen LogP contribution in [0, 0.1) is 0 Å². The molecule has 0 fully saturated rings. The molecule has 0 aliphatic carbocycles. The number of benzene rings is 2. The molecule has 2 aromatic carbocycles. The van der Waals surface area contributed by atoms with Gasteiger partial charge in [0.25, 0.3) is 5.56 Å². The summed E-state index contributed by atoms with van der Waals surface area (Å²) in [5.74, 6) is -0.596. The number of aromatic nitrogens is 2. The maximum Gasteiger partial charge on any atom is 0.307 e. The third kappa shape index (κ3) is 5.24. The molecular formula is C20H18BrN3O4S. The summed E-state index contributed by atoms with van der Waals surface area (Å²) in [5, 5.41) is 3.65. The summed E-state index contributed by atoms with van der Waals surface area (Å²) in [6.07, 6.45) is 0.0349. The Balaban J connectivity index is 1.83. The zero-order chi connectivity index (χ0) is 20.8. The van der Waals surface area contributed by atoms with Crippen molar-refractivity contribution in [2.45, 2.75) is 18.1 Å². The average Bonchev–Trinajstić information content (AvgIpc) is 2.73. The van der Waals surface area contributed by atoms with Crippen LogP contribution in [0.2, 0.25) is 0 Å². The van der Waals surface area contributed by atoms with Crippen LogP contribution in [0.4, 0.5) is 5.69 Å². The standard InChI is InChI=1S/C20H18BrN3O4S/c1-28-18(26)10-11-24-19(27)13-6-2-4-8-15(13)23-20(24)29-12-17(25)22-16-9-5-3-7-14(16)21/h2-9H,10-12H2,1H3,(H,22,25). The number of thioether (sulfide) groups is 1. The Hall–Kier alpha value is -2.65. The number of halogens is 1.